The highest BCUT2D eigenvalue weighted by Gasteiger charge is 2.32. The van der Waals surface area contributed by atoms with Gasteiger partial charge in [-0.05, 0) is 53.8 Å². The third-order valence-electron chi connectivity index (χ3n) is 6.62. The highest BCUT2D eigenvalue weighted by molar-refractivity contribution is 7.07. The molecule has 1 aromatic heterocycles. The molecular formula is C30H23ClN2O2S. The highest BCUT2D eigenvalue weighted by atomic mass is 35.5. The van der Waals surface area contributed by atoms with E-state index in [0.29, 0.717) is 26.7 Å². The van der Waals surface area contributed by atoms with Crippen molar-refractivity contribution >= 4 is 34.7 Å². The van der Waals surface area contributed by atoms with Crippen molar-refractivity contribution in [2.24, 2.45) is 4.99 Å². The molecule has 2 heterocycles. The summed E-state index contributed by atoms with van der Waals surface area (Å²) in [5.41, 5.74) is 6.43. The molecule has 0 fully saturated rings. The van der Waals surface area contributed by atoms with Gasteiger partial charge in [0, 0.05) is 16.1 Å². The van der Waals surface area contributed by atoms with E-state index in [-0.39, 0.29) is 11.6 Å². The van der Waals surface area contributed by atoms with E-state index in [1.54, 1.807) is 6.08 Å². The molecule has 3 aromatic carbocycles. The van der Waals surface area contributed by atoms with Gasteiger partial charge in [0.15, 0.2) is 4.80 Å². The fourth-order valence-electron chi connectivity index (χ4n) is 4.99. The molecule has 36 heavy (non-hydrogen) atoms. The molecule has 178 valence electrons. The zero-order valence-electron chi connectivity index (χ0n) is 19.5. The molecule has 0 radical (unpaired) electrons. The number of nitrogens with zero attached hydrogens (tertiary/aromatic N) is 2. The van der Waals surface area contributed by atoms with Crippen LogP contribution in [0, 0.1) is 0 Å². The van der Waals surface area contributed by atoms with Gasteiger partial charge in [0.25, 0.3) is 5.56 Å². The first kappa shape index (κ1) is 22.8. The van der Waals surface area contributed by atoms with E-state index in [4.69, 9.17) is 21.3 Å². The van der Waals surface area contributed by atoms with Gasteiger partial charge < -0.3 is 4.74 Å². The Morgan fingerprint density at radius 1 is 1.06 bits per heavy atom. The number of hydrogen-bond acceptors (Lipinski definition) is 4. The summed E-state index contributed by atoms with van der Waals surface area (Å²) in [5, 5.41) is 0.672. The molecule has 6 heteroatoms. The first-order valence-electron chi connectivity index (χ1n) is 11.9. The van der Waals surface area contributed by atoms with Gasteiger partial charge in [-0.2, -0.15) is 0 Å². The second kappa shape index (κ2) is 9.41. The van der Waals surface area contributed by atoms with Crippen molar-refractivity contribution in [2.75, 3.05) is 6.61 Å². The summed E-state index contributed by atoms with van der Waals surface area (Å²) in [6.45, 7) is 4.13. The normalized spacial score (nSPS) is 16.6. The fourth-order valence-corrected chi connectivity index (χ4v) is 6.11. The molecule has 4 aromatic rings. The van der Waals surface area contributed by atoms with Crippen LogP contribution in [0.1, 0.15) is 34.7 Å². The summed E-state index contributed by atoms with van der Waals surface area (Å²) >= 11 is 7.63. The van der Waals surface area contributed by atoms with Crippen molar-refractivity contribution in [1.29, 1.82) is 0 Å². The molecule has 0 amide bonds. The molecule has 4 nitrogen and oxygen atoms in total. The number of thiazole rings is 1. The van der Waals surface area contributed by atoms with E-state index in [1.807, 2.05) is 59.2 Å². The molecule has 0 unspecified atom stereocenters. The Bertz CT molecular complexity index is 1700. The largest absolute Gasteiger partial charge is 0.489 e. The van der Waals surface area contributed by atoms with Crippen LogP contribution in [0.3, 0.4) is 0 Å². The first-order chi connectivity index (χ1) is 17.6. The van der Waals surface area contributed by atoms with Crippen molar-refractivity contribution in [1.82, 2.24) is 4.57 Å². The Labute approximate surface area is 217 Å². The summed E-state index contributed by atoms with van der Waals surface area (Å²) in [5.74, 6) is 0.714. The van der Waals surface area contributed by atoms with Crippen LogP contribution in [0.25, 0.3) is 11.8 Å². The summed E-state index contributed by atoms with van der Waals surface area (Å²) in [7, 11) is 0. The van der Waals surface area contributed by atoms with Gasteiger partial charge >= 0.3 is 0 Å². The number of allylic oxidation sites excluding steroid dienone is 1. The smallest absolute Gasteiger partial charge is 0.271 e. The Balaban J connectivity index is 1.58. The molecule has 6 rings (SSSR count). The number of para-hydroxylation sites is 1. The minimum Gasteiger partial charge on any atom is -0.489 e. The van der Waals surface area contributed by atoms with Crippen molar-refractivity contribution in [3.63, 3.8) is 0 Å². The van der Waals surface area contributed by atoms with Gasteiger partial charge in [-0.15, -0.1) is 0 Å². The van der Waals surface area contributed by atoms with Crippen molar-refractivity contribution in [3.8, 4) is 5.75 Å². The average molecular weight is 511 g/mol. The molecular weight excluding hydrogens is 488 g/mol. The molecule has 0 saturated heterocycles. The number of fused-ring (bicyclic) bond motifs is 3. The Morgan fingerprint density at radius 3 is 2.67 bits per heavy atom. The first-order valence-corrected chi connectivity index (χ1v) is 13.0. The number of halogens is 1. The van der Waals surface area contributed by atoms with Crippen LogP contribution >= 0.6 is 22.9 Å². The Morgan fingerprint density at radius 2 is 1.83 bits per heavy atom. The van der Waals surface area contributed by atoms with Crippen LogP contribution in [-0.2, 0) is 6.42 Å². The van der Waals surface area contributed by atoms with Crippen LogP contribution in [0.15, 0.2) is 101 Å². The van der Waals surface area contributed by atoms with Gasteiger partial charge in [0.2, 0.25) is 0 Å². The van der Waals surface area contributed by atoms with E-state index < -0.39 is 0 Å². The van der Waals surface area contributed by atoms with Crippen molar-refractivity contribution in [3.05, 3.63) is 138 Å². The van der Waals surface area contributed by atoms with Crippen LogP contribution in [0.2, 0.25) is 5.02 Å². The molecule has 0 saturated carbocycles. The van der Waals surface area contributed by atoms with Crippen LogP contribution in [0.4, 0.5) is 0 Å². The SMILES string of the molecule is C=CCOc1ccccc1/C=c1\sc2n(c1=O)[C@@H](c1ccc(Cl)cc1)C1=C(N=2)c2ccccc2CC1. The molecule has 1 aliphatic carbocycles. The lowest BCUT2D eigenvalue weighted by atomic mass is 9.83. The van der Waals surface area contributed by atoms with Gasteiger partial charge in [-0.1, -0.05) is 90.2 Å². The number of benzene rings is 3. The third kappa shape index (κ3) is 3.94. The highest BCUT2D eigenvalue weighted by Crippen LogP contribution is 2.41. The van der Waals surface area contributed by atoms with Gasteiger partial charge in [-0.25, -0.2) is 4.99 Å². The molecule has 0 spiro atoms. The maximum atomic E-state index is 13.9. The standard InChI is InChI=1S/C30H23ClN2O2S/c1-2-17-35-25-10-6-4-8-21(25)18-26-29(34)33-28(20-11-14-22(31)15-12-20)24-16-13-19-7-3-5-9-23(19)27(24)32-30(33)36-26/h2-12,14-15,18,28H,1,13,16-17H2/b26-18-/t28-/m0/s1. The van der Waals surface area contributed by atoms with Crippen LogP contribution in [-0.4, -0.2) is 11.2 Å². The second-order valence-corrected chi connectivity index (χ2v) is 10.2. The minimum absolute atomic E-state index is 0.0531. The summed E-state index contributed by atoms with van der Waals surface area (Å²) < 4.78 is 8.29. The van der Waals surface area contributed by atoms with E-state index in [0.717, 1.165) is 35.2 Å². The summed E-state index contributed by atoms with van der Waals surface area (Å²) in [6.07, 6.45) is 5.38. The summed E-state index contributed by atoms with van der Waals surface area (Å²) in [6, 6.07) is 23.7. The van der Waals surface area contributed by atoms with Crippen molar-refractivity contribution < 1.29 is 4.74 Å². The Kier molecular flexibility index (Phi) is 5.96. The lowest BCUT2D eigenvalue weighted by Gasteiger charge is -2.30. The fraction of sp³-hybridized carbons (Fsp3) is 0.133. The van der Waals surface area contributed by atoms with E-state index in [2.05, 4.69) is 30.8 Å². The molecule has 0 N–H and O–H groups in total. The van der Waals surface area contributed by atoms with Crippen molar-refractivity contribution in [2.45, 2.75) is 18.9 Å². The number of aryl methyl sites for hydroxylation is 1. The van der Waals surface area contributed by atoms with E-state index in [9.17, 15) is 4.79 Å². The quantitative estimate of drug-likeness (QED) is 0.331. The van der Waals surface area contributed by atoms with E-state index >= 15 is 0 Å². The maximum Gasteiger partial charge on any atom is 0.271 e. The minimum atomic E-state index is -0.226. The monoisotopic (exact) mass is 510 g/mol. The third-order valence-corrected chi connectivity index (χ3v) is 7.86. The maximum absolute atomic E-state index is 13.9. The van der Waals surface area contributed by atoms with Gasteiger partial charge in [0.1, 0.15) is 12.4 Å². The number of aromatic nitrogens is 1. The number of rotatable bonds is 5. The molecule has 2 aliphatic rings. The molecule has 1 atom stereocenters. The zero-order valence-corrected chi connectivity index (χ0v) is 21.1. The second-order valence-electron chi connectivity index (χ2n) is 8.80. The summed E-state index contributed by atoms with van der Waals surface area (Å²) in [4.78, 5) is 19.7. The number of ether oxygens (including phenoxy) is 1. The van der Waals surface area contributed by atoms with Crippen LogP contribution in [0.5, 0.6) is 5.75 Å². The lowest BCUT2D eigenvalue weighted by molar-refractivity contribution is 0.362. The molecule has 1 aliphatic heterocycles. The predicted molar refractivity (Wildman–Crippen MR) is 146 cm³/mol. The topological polar surface area (TPSA) is 43.6 Å². The number of hydrogen-bond donors (Lipinski definition) is 0. The molecule has 0 bridgehead atoms. The Hall–Kier alpha value is -3.67. The predicted octanol–water partition coefficient (Wildman–Crippen LogP) is 5.54. The van der Waals surface area contributed by atoms with E-state index in [1.165, 1.54) is 22.5 Å². The van der Waals surface area contributed by atoms with Gasteiger partial charge in [0.05, 0.1) is 16.3 Å². The average Bonchev–Trinajstić information content (AvgIpc) is 3.22. The zero-order chi connectivity index (χ0) is 24.6. The van der Waals surface area contributed by atoms with Gasteiger partial charge in [-0.3, -0.25) is 9.36 Å². The lowest BCUT2D eigenvalue weighted by Crippen LogP contribution is -2.38. The van der Waals surface area contributed by atoms with Crippen LogP contribution < -0.4 is 19.6 Å².